The number of sulfone groups is 1. The molecule has 164 valence electrons. The van der Waals surface area contributed by atoms with Crippen LogP contribution in [0.2, 0.25) is 0 Å². The van der Waals surface area contributed by atoms with Gasteiger partial charge in [0.2, 0.25) is 0 Å². The van der Waals surface area contributed by atoms with Crippen molar-refractivity contribution in [3.8, 4) is 5.75 Å². The van der Waals surface area contributed by atoms with Gasteiger partial charge in [-0.1, -0.05) is 60.1 Å². The summed E-state index contributed by atoms with van der Waals surface area (Å²) >= 11 is 3.47. The van der Waals surface area contributed by atoms with Crippen molar-refractivity contribution in [1.29, 1.82) is 0 Å². The summed E-state index contributed by atoms with van der Waals surface area (Å²) in [6.07, 6.45) is 3.24. The van der Waals surface area contributed by atoms with Crippen LogP contribution < -0.4 is 0 Å². The summed E-state index contributed by atoms with van der Waals surface area (Å²) in [5.74, 6) is 0.583. The molecule has 1 saturated heterocycles. The van der Waals surface area contributed by atoms with E-state index < -0.39 is 15.1 Å². The van der Waals surface area contributed by atoms with Crippen LogP contribution >= 0.6 is 15.9 Å². The molecule has 4 rings (SSSR count). The second-order valence-corrected chi connectivity index (χ2v) is 11.6. The van der Waals surface area contributed by atoms with E-state index in [-0.39, 0.29) is 30.1 Å². The molecule has 31 heavy (non-hydrogen) atoms. The highest BCUT2D eigenvalue weighted by Crippen LogP contribution is 2.41. The molecule has 6 heteroatoms. The van der Waals surface area contributed by atoms with Gasteiger partial charge in [-0.05, 0) is 65.3 Å². The van der Waals surface area contributed by atoms with E-state index in [4.69, 9.17) is 4.74 Å². The van der Waals surface area contributed by atoms with Crippen LogP contribution in [-0.2, 0) is 14.6 Å². The molecule has 2 heterocycles. The third-order valence-electron chi connectivity index (χ3n) is 6.14. The van der Waals surface area contributed by atoms with E-state index in [1.807, 2.05) is 36.4 Å². The van der Waals surface area contributed by atoms with Gasteiger partial charge in [-0.15, -0.1) is 0 Å². The molecular weight excluding hydrogens is 476 g/mol. The van der Waals surface area contributed by atoms with Crippen molar-refractivity contribution in [3.63, 3.8) is 0 Å². The number of hydrogen-bond donors (Lipinski definition) is 1. The fourth-order valence-corrected chi connectivity index (χ4v) is 7.00. The molecule has 0 bridgehead atoms. The average molecular weight is 503 g/mol. The average Bonchev–Trinajstić information content (AvgIpc) is 3.28. The highest BCUT2D eigenvalue weighted by molar-refractivity contribution is 9.10. The highest BCUT2D eigenvalue weighted by atomic mass is 79.9. The third-order valence-corrected chi connectivity index (χ3v) is 8.60. The second-order valence-electron chi connectivity index (χ2n) is 8.53. The Labute approximate surface area is 192 Å². The molecule has 0 radical (unpaired) electrons. The third kappa shape index (κ3) is 4.66. The summed E-state index contributed by atoms with van der Waals surface area (Å²) in [5, 5.41) is 9.84. The maximum atomic E-state index is 12.6. The zero-order valence-electron chi connectivity index (χ0n) is 17.7. The van der Waals surface area contributed by atoms with Gasteiger partial charge in [0.05, 0.1) is 18.5 Å². The van der Waals surface area contributed by atoms with Gasteiger partial charge in [0.1, 0.15) is 11.0 Å². The number of aromatic hydroxyl groups is 1. The molecule has 0 saturated carbocycles. The number of phenols is 1. The van der Waals surface area contributed by atoms with Crippen molar-refractivity contribution in [2.24, 2.45) is 5.92 Å². The van der Waals surface area contributed by atoms with Crippen LogP contribution in [0.25, 0.3) is 11.6 Å². The zero-order chi connectivity index (χ0) is 22.2. The molecule has 1 N–H and O–H groups in total. The van der Waals surface area contributed by atoms with E-state index in [1.54, 1.807) is 6.07 Å². The van der Waals surface area contributed by atoms with Crippen LogP contribution in [0.5, 0.6) is 5.75 Å². The Morgan fingerprint density at radius 3 is 2.68 bits per heavy atom. The van der Waals surface area contributed by atoms with E-state index in [1.165, 1.54) is 0 Å². The predicted molar refractivity (Wildman–Crippen MR) is 129 cm³/mol. The Morgan fingerprint density at radius 2 is 1.97 bits per heavy atom. The second kappa shape index (κ2) is 8.93. The van der Waals surface area contributed by atoms with E-state index >= 15 is 0 Å². The summed E-state index contributed by atoms with van der Waals surface area (Å²) < 4.78 is 32.1. The van der Waals surface area contributed by atoms with Gasteiger partial charge in [0.25, 0.3) is 0 Å². The van der Waals surface area contributed by atoms with E-state index in [9.17, 15) is 13.5 Å². The zero-order valence-corrected chi connectivity index (χ0v) is 20.1. The van der Waals surface area contributed by atoms with Crippen molar-refractivity contribution in [1.82, 2.24) is 0 Å². The lowest BCUT2D eigenvalue weighted by Gasteiger charge is -2.17. The van der Waals surface area contributed by atoms with E-state index in [0.29, 0.717) is 12.8 Å². The van der Waals surface area contributed by atoms with Gasteiger partial charge in [-0.3, -0.25) is 0 Å². The van der Waals surface area contributed by atoms with E-state index in [0.717, 1.165) is 32.3 Å². The molecule has 2 aromatic carbocycles. The summed E-state index contributed by atoms with van der Waals surface area (Å²) in [6.45, 7) is 4.37. The Bertz CT molecular complexity index is 1130. The molecule has 0 unspecified atom stereocenters. The van der Waals surface area contributed by atoms with Gasteiger partial charge in [-0.2, -0.15) is 0 Å². The molecule has 2 aliphatic heterocycles. The largest absolute Gasteiger partial charge is 0.507 e. The molecule has 0 spiro atoms. The molecule has 1 fully saturated rings. The SMILES string of the molecule is CC(C)C1=C2[C@@H](CC/C(=C/c3cc(Br)ccc3O)c3ccccc3)OC[C@@H]2S(=O)(=O)C1. The van der Waals surface area contributed by atoms with Gasteiger partial charge in [-0.25, -0.2) is 8.42 Å². The van der Waals surface area contributed by atoms with Crippen molar-refractivity contribution >= 4 is 37.4 Å². The lowest BCUT2D eigenvalue weighted by atomic mass is 9.90. The lowest BCUT2D eigenvalue weighted by Crippen LogP contribution is -2.19. The maximum absolute atomic E-state index is 12.6. The standard InChI is InChI=1S/C25H27BrO4S/c1-16(2)21-15-31(28,29)24-14-30-23(25(21)24)11-8-18(17-6-4-3-5-7-17)12-19-13-20(26)9-10-22(19)27/h3-7,9-10,12-13,16,23-24,27H,8,11,14-15H2,1-2H3/b18-12-/t23-,24+/m1/s1. The number of hydrogen-bond acceptors (Lipinski definition) is 4. The monoisotopic (exact) mass is 502 g/mol. The number of fused-ring (bicyclic) bond motifs is 1. The van der Waals surface area contributed by atoms with Crippen molar-refractivity contribution in [2.75, 3.05) is 12.4 Å². The predicted octanol–water partition coefficient (Wildman–Crippen LogP) is 5.62. The quantitative estimate of drug-likeness (QED) is 0.410. The van der Waals surface area contributed by atoms with Crippen LogP contribution in [0.4, 0.5) is 0 Å². The normalized spacial score (nSPS) is 22.9. The van der Waals surface area contributed by atoms with Crippen LogP contribution in [0, 0.1) is 5.92 Å². The lowest BCUT2D eigenvalue weighted by molar-refractivity contribution is 0.118. The maximum Gasteiger partial charge on any atom is 0.163 e. The minimum Gasteiger partial charge on any atom is -0.507 e. The molecule has 0 aromatic heterocycles. The Morgan fingerprint density at radius 1 is 1.23 bits per heavy atom. The van der Waals surface area contributed by atoms with Crippen LogP contribution in [0.3, 0.4) is 0 Å². The number of allylic oxidation sites excluding steroid dienone is 1. The first-order valence-corrected chi connectivity index (χ1v) is 13.1. The Balaban J connectivity index is 1.64. The summed E-state index contributed by atoms with van der Waals surface area (Å²) in [6, 6.07) is 15.4. The van der Waals surface area contributed by atoms with E-state index in [2.05, 4.69) is 41.9 Å². The van der Waals surface area contributed by atoms with Crippen molar-refractivity contribution < 1.29 is 18.3 Å². The fourth-order valence-electron chi connectivity index (χ4n) is 4.51. The molecule has 2 atom stereocenters. The molecule has 0 aliphatic carbocycles. The summed E-state index contributed by atoms with van der Waals surface area (Å²) in [4.78, 5) is 0. The first-order valence-electron chi connectivity index (χ1n) is 10.6. The first-order chi connectivity index (χ1) is 14.8. The molecular formula is C25H27BrO4S. The molecule has 2 aliphatic rings. The molecule has 4 nitrogen and oxygen atoms in total. The van der Waals surface area contributed by atoms with Crippen LogP contribution in [0.1, 0.15) is 37.8 Å². The molecule has 2 aromatic rings. The highest BCUT2D eigenvalue weighted by Gasteiger charge is 2.47. The van der Waals surface area contributed by atoms with Gasteiger partial charge >= 0.3 is 0 Å². The number of ether oxygens (including phenoxy) is 1. The van der Waals surface area contributed by atoms with Crippen LogP contribution in [-0.4, -0.2) is 37.2 Å². The van der Waals surface area contributed by atoms with Crippen LogP contribution in [0.15, 0.2) is 64.1 Å². The number of phenolic OH excluding ortho intramolecular Hbond substituents is 1. The minimum absolute atomic E-state index is 0.165. The number of rotatable bonds is 6. The smallest absolute Gasteiger partial charge is 0.163 e. The van der Waals surface area contributed by atoms with Gasteiger partial charge in [0, 0.05) is 10.0 Å². The molecule has 0 amide bonds. The Kier molecular flexibility index (Phi) is 6.42. The topological polar surface area (TPSA) is 63.6 Å². The van der Waals surface area contributed by atoms with Crippen molar-refractivity contribution in [2.45, 2.75) is 38.0 Å². The fraction of sp³-hybridized carbons (Fsp3) is 0.360. The van der Waals surface area contributed by atoms with Gasteiger partial charge in [0.15, 0.2) is 9.84 Å². The van der Waals surface area contributed by atoms with Crippen molar-refractivity contribution in [3.05, 3.63) is 75.3 Å². The number of benzene rings is 2. The van der Waals surface area contributed by atoms with Gasteiger partial charge < -0.3 is 9.84 Å². The summed E-state index contributed by atoms with van der Waals surface area (Å²) in [7, 11) is -3.15. The Hall–Kier alpha value is -1.89. The summed E-state index contributed by atoms with van der Waals surface area (Å²) in [5.41, 5.74) is 4.92. The first kappa shape index (κ1) is 22.3. The number of halogens is 1. The minimum atomic E-state index is -3.15.